The number of likely N-dealkylation sites (tertiary alicyclic amines) is 1. The molecule has 5 heterocycles. The molecule has 2 aromatic heterocycles. The number of anilines is 1. The van der Waals surface area contributed by atoms with Crippen molar-refractivity contribution in [3.63, 3.8) is 0 Å². The average molecular weight is 696 g/mol. The Labute approximate surface area is 280 Å². The molecular formula is C32H47F2N7O4S2. The topological polar surface area (TPSA) is 111 Å². The van der Waals surface area contributed by atoms with Gasteiger partial charge in [0.15, 0.2) is 17.3 Å². The van der Waals surface area contributed by atoms with Crippen LogP contribution in [0, 0.1) is 11.3 Å². The van der Waals surface area contributed by atoms with Crippen LogP contribution in [0.5, 0.6) is 11.5 Å². The van der Waals surface area contributed by atoms with Gasteiger partial charge in [-0.25, -0.2) is 18.7 Å². The molecule has 1 spiro atoms. The first-order chi connectivity index (χ1) is 22.4. The lowest BCUT2D eigenvalue weighted by atomic mass is 9.71. The molecule has 0 bridgehead atoms. The smallest absolute Gasteiger partial charge is 0.279 e. The fraction of sp³-hybridized carbons (Fsp3) is 0.719. The highest BCUT2D eigenvalue weighted by Crippen LogP contribution is 2.45. The van der Waals surface area contributed by atoms with Gasteiger partial charge < -0.3 is 19.4 Å². The molecule has 3 aliphatic heterocycles. The van der Waals surface area contributed by atoms with Crippen molar-refractivity contribution in [3.8, 4) is 11.5 Å². The van der Waals surface area contributed by atoms with Crippen molar-refractivity contribution in [1.82, 2.24) is 28.8 Å². The summed E-state index contributed by atoms with van der Waals surface area (Å²) in [5.74, 6) is -0.632. The minimum absolute atomic E-state index is 0.0366. The maximum atomic E-state index is 13.5. The number of thiophene rings is 1. The number of hydrogen-bond acceptors (Lipinski definition) is 9. The van der Waals surface area contributed by atoms with E-state index in [9.17, 15) is 22.0 Å². The number of halogens is 2. The summed E-state index contributed by atoms with van der Waals surface area (Å²) in [5, 5.41) is 1.88. The van der Waals surface area contributed by atoms with Crippen LogP contribution in [-0.2, 0) is 10.2 Å². The molecule has 0 atom stereocenters. The second-order valence-electron chi connectivity index (χ2n) is 14.0. The first-order valence-corrected chi connectivity index (χ1v) is 19.2. The molecule has 1 amide bonds. The van der Waals surface area contributed by atoms with E-state index in [1.165, 1.54) is 17.7 Å². The minimum Gasteiger partial charge on any atom is -0.450 e. The third-order valence-corrected chi connectivity index (χ3v) is 12.9. The van der Waals surface area contributed by atoms with Gasteiger partial charge in [-0.15, -0.1) is 11.3 Å². The maximum absolute atomic E-state index is 13.5. The van der Waals surface area contributed by atoms with Gasteiger partial charge in [-0.1, -0.05) is 0 Å². The number of amides is 1. The number of hydrogen-bond donors (Lipinski definition) is 1. The van der Waals surface area contributed by atoms with Gasteiger partial charge in [0.1, 0.15) is 11.2 Å². The van der Waals surface area contributed by atoms with Crippen LogP contribution in [0.15, 0.2) is 24.0 Å². The summed E-state index contributed by atoms with van der Waals surface area (Å²) in [6.45, 7) is 10.6. The van der Waals surface area contributed by atoms with Crippen molar-refractivity contribution in [1.29, 1.82) is 0 Å². The molecular weight excluding hydrogens is 649 g/mol. The van der Waals surface area contributed by atoms with Crippen LogP contribution in [0.2, 0.25) is 0 Å². The van der Waals surface area contributed by atoms with Gasteiger partial charge in [0.25, 0.3) is 22.0 Å². The molecule has 15 heteroatoms. The van der Waals surface area contributed by atoms with Crippen LogP contribution in [0.4, 0.5) is 14.6 Å². The van der Waals surface area contributed by atoms with Crippen LogP contribution in [-0.4, -0.2) is 109 Å². The number of ether oxygens (including phenoxy) is 1. The predicted molar refractivity (Wildman–Crippen MR) is 178 cm³/mol. The zero-order valence-electron chi connectivity index (χ0n) is 27.5. The van der Waals surface area contributed by atoms with E-state index in [1.807, 2.05) is 37.1 Å². The van der Waals surface area contributed by atoms with Crippen LogP contribution in [0.25, 0.3) is 0 Å². The lowest BCUT2D eigenvalue weighted by Gasteiger charge is -2.54. The van der Waals surface area contributed by atoms with Crippen molar-refractivity contribution >= 4 is 33.3 Å². The van der Waals surface area contributed by atoms with Crippen LogP contribution >= 0.6 is 11.3 Å². The van der Waals surface area contributed by atoms with Crippen LogP contribution in [0.3, 0.4) is 0 Å². The third-order valence-electron chi connectivity index (χ3n) is 10.3. The Morgan fingerprint density at radius 3 is 2.47 bits per heavy atom. The number of piperidine rings is 1. The lowest BCUT2D eigenvalue weighted by molar-refractivity contribution is 0.0182. The van der Waals surface area contributed by atoms with Crippen LogP contribution in [0.1, 0.15) is 75.4 Å². The molecule has 0 unspecified atom stereocenters. The average Bonchev–Trinajstić information content (AvgIpc) is 3.64. The monoisotopic (exact) mass is 695 g/mol. The number of nitrogens with zero attached hydrogens (tertiary/aromatic N) is 6. The number of aromatic nitrogens is 2. The molecule has 260 valence electrons. The Bertz CT molecular complexity index is 1500. The number of alkyl halides is 2. The first-order valence-electron chi connectivity index (χ1n) is 16.9. The largest absolute Gasteiger partial charge is 0.450 e. The van der Waals surface area contributed by atoms with Crippen molar-refractivity contribution in [2.45, 2.75) is 83.7 Å². The Kier molecular flexibility index (Phi) is 10.1. The summed E-state index contributed by atoms with van der Waals surface area (Å²) in [4.78, 5) is 29.2. The van der Waals surface area contributed by atoms with E-state index in [0.29, 0.717) is 28.8 Å². The SMILES string of the molecule is CCN(C(=O)c1sccc1Oc1cncnc1N1CC2(CCN(CC3CCC(NS(=O)(=O)N4CCC(F)(F)C4)CC3)CC2)C1)C(C)C. The van der Waals surface area contributed by atoms with Crippen molar-refractivity contribution in [2.24, 2.45) is 11.3 Å². The molecule has 1 saturated carbocycles. The molecule has 6 rings (SSSR count). The summed E-state index contributed by atoms with van der Waals surface area (Å²) in [7, 11) is -3.88. The zero-order valence-corrected chi connectivity index (χ0v) is 29.2. The highest BCUT2D eigenvalue weighted by atomic mass is 32.2. The standard InChI is InChI=1S/C32H47F2N7O4S2/c1-4-41(23(2)3)30(42)28-26(9-16-46-28)45-27-17-35-22-36-29(27)39-19-31(20-39)10-13-38(14-11-31)18-24-5-7-25(8-6-24)37-47(43,44)40-15-12-32(33,34)21-40/h9,16-17,22-25,37H,4-8,10-15,18-21H2,1-3H3. The zero-order chi connectivity index (χ0) is 33.4. The molecule has 4 aliphatic rings. The van der Waals surface area contributed by atoms with Crippen molar-refractivity contribution in [2.75, 3.05) is 57.3 Å². The summed E-state index contributed by atoms with van der Waals surface area (Å²) in [6, 6.07) is 1.73. The van der Waals surface area contributed by atoms with Gasteiger partial charge in [-0.3, -0.25) is 4.79 Å². The summed E-state index contributed by atoms with van der Waals surface area (Å²) >= 11 is 1.38. The van der Waals surface area contributed by atoms with Crippen molar-refractivity contribution in [3.05, 3.63) is 28.8 Å². The first kappa shape index (κ1) is 34.4. The molecule has 1 N–H and O–H groups in total. The quantitative estimate of drug-likeness (QED) is 0.356. The van der Waals surface area contributed by atoms with E-state index in [1.54, 1.807) is 6.20 Å². The van der Waals surface area contributed by atoms with E-state index < -0.39 is 29.1 Å². The molecule has 11 nitrogen and oxygen atoms in total. The maximum Gasteiger partial charge on any atom is 0.279 e. The van der Waals surface area contributed by atoms with E-state index in [4.69, 9.17) is 4.74 Å². The molecule has 3 saturated heterocycles. The summed E-state index contributed by atoms with van der Waals surface area (Å²) in [5.41, 5.74) is 0.240. The fourth-order valence-electron chi connectivity index (χ4n) is 7.61. The summed E-state index contributed by atoms with van der Waals surface area (Å²) < 4.78 is 62.2. The minimum atomic E-state index is -3.88. The number of rotatable bonds is 11. The highest BCUT2D eigenvalue weighted by Gasteiger charge is 2.47. The number of carbonyl (C=O) groups excluding carboxylic acids is 1. The van der Waals surface area contributed by atoms with Gasteiger partial charge in [0.05, 0.1) is 12.7 Å². The van der Waals surface area contributed by atoms with Gasteiger partial charge in [-0.05, 0) is 89.7 Å². The summed E-state index contributed by atoms with van der Waals surface area (Å²) in [6.07, 6.45) is 8.34. The Hall–Kier alpha value is -2.46. The fourth-order valence-corrected chi connectivity index (χ4v) is 9.88. The molecule has 2 aromatic rings. The van der Waals surface area contributed by atoms with E-state index in [2.05, 4.69) is 24.5 Å². The third kappa shape index (κ3) is 7.74. The second-order valence-corrected chi connectivity index (χ2v) is 16.7. The van der Waals surface area contributed by atoms with E-state index in [0.717, 1.165) is 81.4 Å². The van der Waals surface area contributed by atoms with E-state index in [-0.39, 0.29) is 30.0 Å². The molecule has 1 aliphatic carbocycles. The van der Waals surface area contributed by atoms with Gasteiger partial charge in [0, 0.05) is 56.6 Å². The number of carbonyl (C=O) groups is 1. The molecule has 0 aromatic carbocycles. The van der Waals surface area contributed by atoms with Gasteiger partial charge in [-0.2, -0.15) is 17.4 Å². The van der Waals surface area contributed by atoms with Crippen molar-refractivity contribution < 1.29 is 26.7 Å². The molecule has 4 fully saturated rings. The Morgan fingerprint density at radius 1 is 1.11 bits per heavy atom. The second kappa shape index (κ2) is 13.8. The Balaban J connectivity index is 0.962. The highest BCUT2D eigenvalue weighted by molar-refractivity contribution is 7.87. The Morgan fingerprint density at radius 2 is 1.83 bits per heavy atom. The van der Waals surface area contributed by atoms with E-state index >= 15 is 0 Å². The lowest BCUT2D eigenvalue weighted by Crippen LogP contribution is -2.61. The van der Waals surface area contributed by atoms with Crippen LogP contribution < -0.4 is 14.4 Å². The van der Waals surface area contributed by atoms with Gasteiger partial charge >= 0.3 is 0 Å². The predicted octanol–water partition coefficient (Wildman–Crippen LogP) is 4.84. The normalized spacial score (nSPS) is 24.9. The molecule has 47 heavy (non-hydrogen) atoms. The molecule has 0 radical (unpaired) electrons. The number of nitrogens with one attached hydrogen (secondary N) is 1. The van der Waals surface area contributed by atoms with Gasteiger partial charge in [0.2, 0.25) is 0 Å².